The van der Waals surface area contributed by atoms with Crippen molar-refractivity contribution >= 4 is 123 Å². The predicted octanol–water partition coefficient (Wildman–Crippen LogP) is 22.3. The van der Waals surface area contributed by atoms with E-state index in [9.17, 15) is 0 Å². The van der Waals surface area contributed by atoms with Crippen molar-refractivity contribution < 1.29 is 0 Å². The molecule has 0 bridgehead atoms. The zero-order valence-corrected chi connectivity index (χ0v) is 55.9. The molecule has 462 valence electrons. The molecule has 3 aromatic heterocycles. The van der Waals surface area contributed by atoms with Gasteiger partial charge in [-0.1, -0.05) is 238 Å². The van der Waals surface area contributed by atoms with Gasteiger partial charge in [0.2, 0.25) is 0 Å². The SMILES string of the molecule is CC(C)(C)c1ccc(N2c3cc(-n4c5ccccc5c5ccccc54)ccc3B3c4ccc(-n5c6ccccc6c6cc7c8ccccc8n(-c8ccccc8)c7cc65)cc4N(c4ccc(C(C)(C)C)cc4-c4ccccc4)c4cc(C(C)(C)C)cc2c43)c(-c2ccccc2)c1. The molecule has 6 heteroatoms. The van der Waals surface area contributed by atoms with Crippen LogP contribution < -0.4 is 26.2 Å². The van der Waals surface area contributed by atoms with Crippen molar-refractivity contribution in [2.45, 2.75) is 78.6 Å². The van der Waals surface area contributed by atoms with Crippen LogP contribution in [-0.4, -0.2) is 20.4 Å². The molecule has 13 aromatic carbocycles. The van der Waals surface area contributed by atoms with Crippen molar-refractivity contribution in [3.63, 3.8) is 0 Å². The normalized spacial score (nSPS) is 13.2. The Morgan fingerprint density at radius 1 is 0.240 bits per heavy atom. The second-order valence-electron chi connectivity index (χ2n) is 29.8. The number of hydrogen-bond acceptors (Lipinski definition) is 2. The van der Waals surface area contributed by atoms with Crippen LogP contribution in [0.4, 0.5) is 34.1 Å². The molecule has 18 rings (SSSR count). The standard InChI is InChI=1S/C90H74BN5/c1-88(2,3)59-41-47-79(69(49-59)57-27-13-10-14-28-57)95-83-53-63(93-75-37-23-19-33-65(75)66-34-20-24-38-76(66)93)43-45-73(83)91-74-46-44-64(94-78-40-26-22-36-68(78)72-55-71-67-35-21-25-39-77(67)92(81(71)56-82(72)94)62-31-17-12-18-32-62)54-84(74)96(86-52-61(90(7,8)9)51-85(95)87(86)91)80-48-42-60(89(4,5)6)50-70(80)58-29-15-11-16-30-58/h10-56H,1-9H3. The van der Waals surface area contributed by atoms with E-state index in [1.54, 1.807) is 0 Å². The van der Waals surface area contributed by atoms with E-state index in [0.717, 1.165) is 50.8 Å². The van der Waals surface area contributed by atoms with Crippen LogP contribution in [0.15, 0.2) is 285 Å². The van der Waals surface area contributed by atoms with E-state index >= 15 is 0 Å². The summed E-state index contributed by atoms with van der Waals surface area (Å²) >= 11 is 0. The Balaban J connectivity index is 0.974. The van der Waals surface area contributed by atoms with Crippen LogP contribution in [0.3, 0.4) is 0 Å². The lowest BCUT2D eigenvalue weighted by Gasteiger charge is -2.46. The lowest BCUT2D eigenvalue weighted by molar-refractivity contribution is 0.590. The number of anilines is 6. The summed E-state index contributed by atoms with van der Waals surface area (Å²) in [7, 11) is 0. The number of rotatable bonds is 7. The molecule has 2 aliphatic rings. The number of aromatic nitrogens is 3. The van der Waals surface area contributed by atoms with E-state index in [1.165, 1.54) is 121 Å². The molecule has 0 amide bonds. The van der Waals surface area contributed by atoms with Crippen molar-refractivity contribution in [2.24, 2.45) is 0 Å². The van der Waals surface area contributed by atoms with Gasteiger partial charge in [-0.3, -0.25) is 0 Å². The van der Waals surface area contributed by atoms with Gasteiger partial charge in [0.25, 0.3) is 6.71 Å². The molecular formula is C90H74BN5. The second kappa shape index (κ2) is 21.2. The molecule has 0 saturated heterocycles. The van der Waals surface area contributed by atoms with Gasteiger partial charge < -0.3 is 23.5 Å². The Morgan fingerprint density at radius 2 is 0.594 bits per heavy atom. The van der Waals surface area contributed by atoms with E-state index in [-0.39, 0.29) is 23.0 Å². The largest absolute Gasteiger partial charge is 0.311 e. The van der Waals surface area contributed by atoms with Crippen LogP contribution in [0.5, 0.6) is 0 Å². The number of benzene rings is 13. The summed E-state index contributed by atoms with van der Waals surface area (Å²) in [5, 5.41) is 7.41. The third kappa shape index (κ3) is 8.84. The van der Waals surface area contributed by atoms with Gasteiger partial charge in [-0.2, -0.15) is 0 Å². The van der Waals surface area contributed by atoms with E-state index in [0.29, 0.717) is 0 Å². The van der Waals surface area contributed by atoms with Crippen LogP contribution in [0.1, 0.15) is 79.0 Å². The van der Waals surface area contributed by atoms with Crippen molar-refractivity contribution in [1.29, 1.82) is 0 Å². The highest BCUT2D eigenvalue weighted by Gasteiger charge is 2.46. The van der Waals surface area contributed by atoms with Gasteiger partial charge in [0, 0.05) is 83.3 Å². The van der Waals surface area contributed by atoms with E-state index < -0.39 is 0 Å². The third-order valence-corrected chi connectivity index (χ3v) is 20.9. The molecule has 0 atom stereocenters. The topological polar surface area (TPSA) is 21.3 Å². The Kier molecular flexibility index (Phi) is 12.7. The molecule has 0 aliphatic carbocycles. The van der Waals surface area contributed by atoms with Crippen LogP contribution >= 0.6 is 0 Å². The highest BCUT2D eigenvalue weighted by Crippen LogP contribution is 2.52. The number of fused-ring (bicyclic) bond motifs is 13. The summed E-state index contributed by atoms with van der Waals surface area (Å²) in [6, 6.07) is 108. The molecule has 0 saturated carbocycles. The number of nitrogens with zero attached hydrogens (tertiary/aromatic N) is 5. The summed E-state index contributed by atoms with van der Waals surface area (Å²) in [4.78, 5) is 5.34. The Morgan fingerprint density at radius 3 is 1.00 bits per heavy atom. The Hall–Kier alpha value is -11.1. The van der Waals surface area contributed by atoms with Crippen molar-refractivity contribution in [1.82, 2.24) is 13.7 Å². The van der Waals surface area contributed by atoms with Crippen LogP contribution in [0.25, 0.3) is 105 Å². The maximum absolute atomic E-state index is 2.67. The van der Waals surface area contributed by atoms with Gasteiger partial charge in [-0.25, -0.2) is 0 Å². The fourth-order valence-electron chi connectivity index (χ4n) is 16.1. The third-order valence-electron chi connectivity index (χ3n) is 20.9. The first-order valence-corrected chi connectivity index (χ1v) is 34.0. The zero-order valence-electron chi connectivity index (χ0n) is 55.9. The zero-order chi connectivity index (χ0) is 65.1. The maximum atomic E-state index is 2.67. The fraction of sp³-hybridized carbons (Fsp3) is 0.133. The average molecular weight is 1240 g/mol. The number of para-hydroxylation sites is 5. The lowest BCUT2D eigenvalue weighted by Crippen LogP contribution is -2.61. The lowest BCUT2D eigenvalue weighted by atomic mass is 9.33. The van der Waals surface area contributed by atoms with Gasteiger partial charge in [0.05, 0.1) is 44.5 Å². The fourth-order valence-corrected chi connectivity index (χ4v) is 16.1. The summed E-state index contributed by atoms with van der Waals surface area (Å²) in [6.45, 7) is 21.0. The van der Waals surface area contributed by atoms with Crippen molar-refractivity contribution in [3.05, 3.63) is 302 Å². The highest BCUT2D eigenvalue weighted by molar-refractivity contribution is 7.00. The summed E-state index contributed by atoms with van der Waals surface area (Å²) in [5.74, 6) is 0. The summed E-state index contributed by atoms with van der Waals surface area (Å²) in [5.41, 5.74) is 29.2. The minimum absolute atomic E-state index is 0.0995. The Labute approximate surface area is 562 Å². The van der Waals surface area contributed by atoms with Crippen molar-refractivity contribution in [2.75, 3.05) is 9.80 Å². The summed E-state index contributed by atoms with van der Waals surface area (Å²) in [6.07, 6.45) is 0. The van der Waals surface area contributed by atoms with E-state index in [1.807, 2.05) is 0 Å². The molecular weight excluding hydrogens is 1160 g/mol. The molecule has 2 aliphatic heterocycles. The highest BCUT2D eigenvalue weighted by atomic mass is 15.2. The van der Waals surface area contributed by atoms with Gasteiger partial charge in [0.1, 0.15) is 0 Å². The first-order valence-electron chi connectivity index (χ1n) is 34.0. The molecule has 0 spiro atoms. The molecule has 0 N–H and O–H groups in total. The van der Waals surface area contributed by atoms with Crippen LogP contribution in [-0.2, 0) is 16.2 Å². The average Bonchev–Trinajstić information content (AvgIpc) is 0.874. The molecule has 96 heavy (non-hydrogen) atoms. The number of hydrogen-bond donors (Lipinski definition) is 0. The second-order valence-corrected chi connectivity index (χ2v) is 29.8. The minimum Gasteiger partial charge on any atom is -0.311 e. The van der Waals surface area contributed by atoms with Crippen LogP contribution in [0, 0.1) is 0 Å². The Bertz CT molecular complexity index is 5790. The van der Waals surface area contributed by atoms with E-state index in [2.05, 4.69) is 371 Å². The summed E-state index contributed by atoms with van der Waals surface area (Å²) < 4.78 is 7.49. The molecule has 5 nitrogen and oxygen atoms in total. The van der Waals surface area contributed by atoms with Gasteiger partial charge >= 0.3 is 0 Å². The quantitative estimate of drug-likeness (QED) is 0.148. The monoisotopic (exact) mass is 1240 g/mol. The van der Waals surface area contributed by atoms with Crippen molar-refractivity contribution in [3.8, 4) is 39.3 Å². The first-order chi connectivity index (χ1) is 46.5. The van der Waals surface area contributed by atoms with Gasteiger partial charge in [-0.05, 0) is 170 Å². The van der Waals surface area contributed by atoms with Gasteiger partial charge in [0.15, 0.2) is 0 Å². The molecule has 0 radical (unpaired) electrons. The minimum atomic E-state index is -0.265. The predicted molar refractivity (Wildman–Crippen MR) is 410 cm³/mol. The molecule has 0 fully saturated rings. The smallest absolute Gasteiger partial charge is 0.252 e. The van der Waals surface area contributed by atoms with E-state index in [4.69, 9.17) is 0 Å². The first kappa shape index (κ1) is 57.6. The van der Waals surface area contributed by atoms with Gasteiger partial charge in [-0.15, -0.1) is 0 Å². The van der Waals surface area contributed by atoms with Crippen LogP contribution in [0.2, 0.25) is 0 Å². The molecule has 16 aromatic rings. The maximum Gasteiger partial charge on any atom is 0.252 e. The molecule has 0 unspecified atom stereocenters. The molecule has 5 heterocycles.